The van der Waals surface area contributed by atoms with Gasteiger partial charge in [-0.1, -0.05) is 42.6 Å². The molecule has 0 amide bonds. The smallest absolute Gasteiger partial charge is 0.180 e. The predicted molar refractivity (Wildman–Crippen MR) is 76.0 cm³/mol. The van der Waals surface area contributed by atoms with E-state index in [1.165, 1.54) is 16.2 Å². The Kier molecular flexibility index (Phi) is 3.92. The lowest BCUT2D eigenvalue weighted by molar-refractivity contribution is 0.938. The fraction of sp³-hybridized carbons (Fsp3) is 0.250. The number of nitrogens with zero attached hydrogens (tertiary/aromatic N) is 1. The molecule has 0 saturated carbocycles. The zero-order valence-electron chi connectivity index (χ0n) is 9.34. The van der Waals surface area contributed by atoms with E-state index in [0.717, 1.165) is 24.1 Å². The fourth-order valence-corrected chi connectivity index (χ4v) is 2.89. The molecule has 2 N–H and O–H groups in total. The molecule has 90 valence electrons. The minimum Gasteiger partial charge on any atom is -0.375 e. The molecule has 1 aromatic carbocycles. The number of hydrogen-bond acceptors (Lipinski definition) is 3. The third kappa shape index (κ3) is 2.73. The van der Waals surface area contributed by atoms with Gasteiger partial charge in [0.2, 0.25) is 0 Å². The summed E-state index contributed by atoms with van der Waals surface area (Å²) < 4.78 is 0. The van der Waals surface area contributed by atoms with Crippen molar-refractivity contribution < 1.29 is 0 Å². The molecule has 1 aromatic heterocycles. The first-order valence-corrected chi connectivity index (χ1v) is 6.89. The van der Waals surface area contributed by atoms with Crippen LogP contribution in [0.25, 0.3) is 11.3 Å². The second kappa shape index (κ2) is 5.25. The third-order valence-electron chi connectivity index (χ3n) is 2.38. The molecular formula is C12H12Cl2N2S. The van der Waals surface area contributed by atoms with Crippen molar-refractivity contribution in [2.75, 3.05) is 5.73 Å². The van der Waals surface area contributed by atoms with E-state index in [4.69, 9.17) is 28.9 Å². The fourth-order valence-electron chi connectivity index (χ4n) is 1.64. The molecule has 0 fully saturated rings. The van der Waals surface area contributed by atoms with E-state index in [-0.39, 0.29) is 0 Å². The summed E-state index contributed by atoms with van der Waals surface area (Å²) in [4.78, 5) is 5.56. The second-order valence-corrected chi connectivity index (χ2v) is 5.63. The number of benzene rings is 1. The van der Waals surface area contributed by atoms with Gasteiger partial charge < -0.3 is 5.73 Å². The maximum atomic E-state index is 6.01. The van der Waals surface area contributed by atoms with Gasteiger partial charge in [0.25, 0.3) is 0 Å². The minimum atomic E-state index is 0.540. The summed E-state index contributed by atoms with van der Waals surface area (Å²) in [5.74, 6) is 0. The van der Waals surface area contributed by atoms with Gasteiger partial charge >= 0.3 is 0 Å². The monoisotopic (exact) mass is 286 g/mol. The first-order valence-electron chi connectivity index (χ1n) is 5.32. The molecule has 0 aliphatic heterocycles. The van der Waals surface area contributed by atoms with Crippen molar-refractivity contribution in [3.05, 3.63) is 33.1 Å². The van der Waals surface area contributed by atoms with Crippen molar-refractivity contribution in [3.8, 4) is 11.3 Å². The molecule has 17 heavy (non-hydrogen) atoms. The summed E-state index contributed by atoms with van der Waals surface area (Å²) in [5, 5.41) is 1.68. The van der Waals surface area contributed by atoms with Gasteiger partial charge in [-0.25, -0.2) is 4.98 Å². The standard InChI is InChI=1S/C12H12Cl2N2S/c1-2-3-10-11(16-12(15)17-10)7-4-5-8(13)9(14)6-7/h4-6H,2-3H2,1H3,(H2,15,16). The van der Waals surface area contributed by atoms with E-state index in [9.17, 15) is 0 Å². The Morgan fingerprint density at radius 3 is 2.71 bits per heavy atom. The summed E-state index contributed by atoms with van der Waals surface area (Å²) in [6.45, 7) is 2.13. The highest BCUT2D eigenvalue weighted by Crippen LogP contribution is 2.33. The van der Waals surface area contributed by atoms with Crippen molar-refractivity contribution >= 4 is 39.7 Å². The Hall–Kier alpha value is -0.770. The Morgan fingerprint density at radius 2 is 2.06 bits per heavy atom. The molecule has 5 heteroatoms. The van der Waals surface area contributed by atoms with Gasteiger partial charge in [0.1, 0.15) is 0 Å². The molecule has 0 aliphatic rings. The van der Waals surface area contributed by atoms with Crippen molar-refractivity contribution in [3.63, 3.8) is 0 Å². The maximum Gasteiger partial charge on any atom is 0.180 e. The lowest BCUT2D eigenvalue weighted by Crippen LogP contribution is -1.86. The Labute approximate surface area is 114 Å². The molecular weight excluding hydrogens is 275 g/mol. The maximum absolute atomic E-state index is 6.01. The van der Waals surface area contributed by atoms with Gasteiger partial charge in [-0.2, -0.15) is 0 Å². The number of nitrogens with two attached hydrogens (primary N) is 1. The average Bonchev–Trinajstić information content (AvgIpc) is 2.64. The van der Waals surface area contributed by atoms with Gasteiger partial charge in [-0.3, -0.25) is 0 Å². The Balaban J connectivity index is 2.47. The van der Waals surface area contributed by atoms with Crippen molar-refractivity contribution in [1.29, 1.82) is 0 Å². The van der Waals surface area contributed by atoms with Gasteiger partial charge in [-0.15, -0.1) is 11.3 Å². The number of halogens is 2. The molecule has 2 nitrogen and oxygen atoms in total. The molecule has 0 spiro atoms. The van der Waals surface area contributed by atoms with Gasteiger partial charge in [-0.05, 0) is 18.6 Å². The third-order valence-corrected chi connectivity index (χ3v) is 4.07. The molecule has 0 aliphatic carbocycles. The van der Waals surface area contributed by atoms with Crippen LogP contribution in [0.1, 0.15) is 18.2 Å². The highest BCUT2D eigenvalue weighted by Gasteiger charge is 2.12. The lowest BCUT2D eigenvalue weighted by Gasteiger charge is -2.03. The average molecular weight is 287 g/mol. The number of aryl methyl sites for hydroxylation is 1. The first-order chi connectivity index (χ1) is 8.11. The van der Waals surface area contributed by atoms with E-state index in [2.05, 4.69) is 11.9 Å². The molecule has 0 saturated heterocycles. The van der Waals surface area contributed by atoms with Crippen molar-refractivity contribution in [1.82, 2.24) is 4.98 Å². The van der Waals surface area contributed by atoms with Crippen LogP contribution < -0.4 is 5.73 Å². The lowest BCUT2D eigenvalue weighted by atomic mass is 10.1. The van der Waals surface area contributed by atoms with E-state index in [1.807, 2.05) is 12.1 Å². The van der Waals surface area contributed by atoms with Crippen molar-refractivity contribution in [2.45, 2.75) is 19.8 Å². The quantitative estimate of drug-likeness (QED) is 0.892. The van der Waals surface area contributed by atoms with Crippen LogP contribution in [-0.2, 0) is 6.42 Å². The number of rotatable bonds is 3. The van der Waals surface area contributed by atoms with Crippen LogP contribution in [0.4, 0.5) is 5.13 Å². The summed E-state index contributed by atoms with van der Waals surface area (Å²) in [6.07, 6.45) is 2.04. The van der Waals surface area contributed by atoms with Gasteiger partial charge in [0, 0.05) is 10.4 Å². The molecule has 0 radical (unpaired) electrons. The molecule has 0 bridgehead atoms. The molecule has 2 aromatic rings. The number of thiazole rings is 1. The highest BCUT2D eigenvalue weighted by molar-refractivity contribution is 7.15. The van der Waals surface area contributed by atoms with Crippen LogP contribution in [0.5, 0.6) is 0 Å². The van der Waals surface area contributed by atoms with Crippen LogP contribution in [0, 0.1) is 0 Å². The largest absolute Gasteiger partial charge is 0.375 e. The van der Waals surface area contributed by atoms with Crippen LogP contribution >= 0.6 is 34.5 Å². The van der Waals surface area contributed by atoms with E-state index >= 15 is 0 Å². The summed E-state index contributed by atoms with van der Waals surface area (Å²) in [7, 11) is 0. The molecule has 0 unspecified atom stereocenters. The number of hydrogen-bond donors (Lipinski definition) is 1. The number of aromatic nitrogens is 1. The summed E-state index contributed by atoms with van der Waals surface area (Å²) >= 11 is 13.4. The summed E-state index contributed by atoms with van der Waals surface area (Å²) in [5.41, 5.74) is 7.66. The number of nitrogen functional groups attached to an aromatic ring is 1. The Bertz CT molecular complexity index is 537. The predicted octanol–water partition coefficient (Wildman–Crippen LogP) is 4.65. The van der Waals surface area contributed by atoms with Gasteiger partial charge in [0.15, 0.2) is 5.13 Å². The van der Waals surface area contributed by atoms with Gasteiger partial charge in [0.05, 0.1) is 15.7 Å². The minimum absolute atomic E-state index is 0.540. The molecule has 1 heterocycles. The first kappa shape index (κ1) is 12.7. The van der Waals surface area contributed by atoms with E-state index in [1.54, 1.807) is 6.07 Å². The van der Waals surface area contributed by atoms with Crippen molar-refractivity contribution in [2.24, 2.45) is 0 Å². The van der Waals surface area contributed by atoms with Crippen LogP contribution in [0.3, 0.4) is 0 Å². The SMILES string of the molecule is CCCc1sc(N)nc1-c1ccc(Cl)c(Cl)c1. The Morgan fingerprint density at radius 1 is 1.29 bits per heavy atom. The molecule has 0 atom stereocenters. The van der Waals surface area contributed by atoms with E-state index < -0.39 is 0 Å². The number of anilines is 1. The van der Waals surface area contributed by atoms with Crippen LogP contribution in [0.2, 0.25) is 10.0 Å². The molecule has 2 rings (SSSR count). The topological polar surface area (TPSA) is 38.9 Å². The van der Waals surface area contributed by atoms with Crippen LogP contribution in [-0.4, -0.2) is 4.98 Å². The second-order valence-electron chi connectivity index (χ2n) is 3.70. The van der Waals surface area contributed by atoms with Crippen LogP contribution in [0.15, 0.2) is 18.2 Å². The highest BCUT2D eigenvalue weighted by atomic mass is 35.5. The van der Waals surface area contributed by atoms with E-state index in [0.29, 0.717) is 15.2 Å². The summed E-state index contributed by atoms with van der Waals surface area (Å²) in [6, 6.07) is 5.53. The zero-order chi connectivity index (χ0) is 12.4. The zero-order valence-corrected chi connectivity index (χ0v) is 11.7. The normalized spacial score (nSPS) is 10.8.